The van der Waals surface area contributed by atoms with Crippen molar-refractivity contribution in [3.8, 4) is 0 Å². The summed E-state index contributed by atoms with van der Waals surface area (Å²) in [7, 11) is 0. The van der Waals surface area contributed by atoms with Gasteiger partial charge in [-0.05, 0) is 181 Å². The number of primary amides is 2. The van der Waals surface area contributed by atoms with E-state index in [2.05, 4.69) is 35.9 Å². The van der Waals surface area contributed by atoms with Crippen LogP contribution in [-0.2, 0) is 57.2 Å². The Kier molecular flexibility index (Phi) is 19.5. The summed E-state index contributed by atoms with van der Waals surface area (Å²) in [5.41, 5.74) is 15.1. The number of ether oxygens (including phenoxy) is 1. The highest BCUT2D eigenvalue weighted by Gasteiger charge is 2.37. The number of rotatable bonds is 17. The van der Waals surface area contributed by atoms with E-state index in [-0.39, 0.29) is 60.9 Å². The van der Waals surface area contributed by atoms with E-state index in [9.17, 15) is 40.7 Å². The van der Waals surface area contributed by atoms with E-state index in [1.807, 2.05) is 69.3 Å². The number of hydrogen-bond donors (Lipinski definition) is 5. The second kappa shape index (κ2) is 26.0. The number of piperidine rings is 1. The first kappa shape index (κ1) is 59.3. The van der Waals surface area contributed by atoms with E-state index < -0.39 is 52.7 Å². The highest BCUT2D eigenvalue weighted by Crippen LogP contribution is 2.39. The molecule has 0 spiro atoms. The van der Waals surface area contributed by atoms with Crippen LogP contribution < -0.4 is 27.4 Å². The molecule has 2 fully saturated rings. The molecule has 13 nitrogen and oxygen atoms in total. The summed E-state index contributed by atoms with van der Waals surface area (Å²) in [6.07, 6.45) is -1.54. The summed E-state index contributed by atoms with van der Waals surface area (Å²) in [5, 5.41) is 9.41. The van der Waals surface area contributed by atoms with Crippen molar-refractivity contribution < 1.29 is 45.5 Å². The van der Waals surface area contributed by atoms with Crippen LogP contribution in [0.3, 0.4) is 0 Å². The van der Waals surface area contributed by atoms with E-state index in [1.54, 1.807) is 62.4 Å². The second-order valence-corrected chi connectivity index (χ2v) is 21.3. The van der Waals surface area contributed by atoms with Crippen LogP contribution in [0.25, 0.3) is 0 Å². The first-order chi connectivity index (χ1) is 37.4. The number of nitrogens with zero attached hydrogens (tertiary/aromatic N) is 4. The smallest absolute Gasteiger partial charge is 0.419 e. The summed E-state index contributed by atoms with van der Waals surface area (Å²) in [6.45, 7) is 11.0. The van der Waals surface area contributed by atoms with Crippen LogP contribution in [0.2, 0.25) is 0 Å². The minimum absolute atomic E-state index is 0.000550. The summed E-state index contributed by atoms with van der Waals surface area (Å²) >= 11 is 0. The number of nitrogens with one attached hydrogen (secondary N) is 3. The lowest BCUT2D eigenvalue weighted by molar-refractivity contribution is -0.161. The number of hydrogen-bond acceptors (Lipinski definition) is 11. The van der Waals surface area contributed by atoms with Crippen molar-refractivity contribution in [2.75, 3.05) is 23.7 Å². The van der Waals surface area contributed by atoms with Crippen molar-refractivity contribution >= 4 is 41.1 Å². The summed E-state index contributed by atoms with van der Waals surface area (Å²) in [5.74, 6) is -1.32. The molecule has 8 rings (SSSR count). The largest absolute Gasteiger partial charge is 0.460 e. The van der Waals surface area contributed by atoms with Gasteiger partial charge in [0.25, 0.3) is 0 Å². The Labute approximate surface area is 457 Å². The van der Waals surface area contributed by atoms with Crippen LogP contribution in [0.1, 0.15) is 153 Å². The maximum atomic E-state index is 13.8. The molecule has 1 saturated carbocycles. The van der Waals surface area contributed by atoms with Gasteiger partial charge in [0.1, 0.15) is 5.60 Å². The molecule has 2 unspecified atom stereocenters. The second-order valence-electron chi connectivity index (χ2n) is 21.3. The number of anilines is 4. The highest BCUT2D eigenvalue weighted by molar-refractivity contribution is 5.82. The van der Waals surface area contributed by atoms with Crippen LogP contribution in [0, 0.1) is 5.92 Å². The normalized spacial score (nSPS) is 16.9. The standard InChI is InChI=1S/C33H39F3N4O3.C27H30F3N5O/c1-20(29(37)41)26-8-6-5-7-23(26)15-18-28-27(33(34,35)36)19-38-31(40-28)39-25-16-13-22(14-17-25)21-9-11-24(12-10-21)30(42)43-32(2,3)4;1-17(25(31)36)22-5-3-2-4-20(22)8-11-24-23(27(28,29)30)16-33-26(35-24)34-21-9-6-18(7-10-21)19-12-14-32-15-13-19/h5-8,13-14,16-17,19-21,24H,9-12,15,18H2,1-4H3,(H2,37,41)(H,38,39,40);2-7,9-10,16-17,19,32H,8,11-15H2,1H3,(H2,31,36)(H,33,34,35). The van der Waals surface area contributed by atoms with Crippen molar-refractivity contribution in [3.63, 3.8) is 0 Å². The molecule has 1 saturated heterocycles. The number of aryl methyl sites for hydroxylation is 4. The number of nitrogens with two attached hydrogens (primary N) is 2. The van der Waals surface area contributed by atoms with Crippen LogP contribution >= 0.6 is 0 Å². The van der Waals surface area contributed by atoms with Gasteiger partial charge in [-0.2, -0.15) is 26.3 Å². The number of alkyl halides is 6. The zero-order valence-corrected chi connectivity index (χ0v) is 45.1. The van der Waals surface area contributed by atoms with Crippen LogP contribution in [0.15, 0.2) is 109 Å². The van der Waals surface area contributed by atoms with Gasteiger partial charge < -0.3 is 32.2 Å². The van der Waals surface area contributed by atoms with Crippen LogP contribution in [-0.4, -0.2) is 56.4 Å². The molecule has 4 aromatic carbocycles. The van der Waals surface area contributed by atoms with Gasteiger partial charge in [0.15, 0.2) is 0 Å². The van der Waals surface area contributed by atoms with Gasteiger partial charge in [-0.1, -0.05) is 72.8 Å². The molecule has 2 aliphatic rings. The van der Waals surface area contributed by atoms with E-state index in [4.69, 9.17) is 16.2 Å². The number of halogens is 6. The molecule has 19 heteroatoms. The lowest BCUT2D eigenvalue weighted by atomic mass is 9.78. The molecule has 0 radical (unpaired) electrons. The van der Waals surface area contributed by atoms with Crippen LogP contribution in [0.4, 0.5) is 49.6 Å². The average Bonchev–Trinajstić information content (AvgIpc) is 3.42. The van der Waals surface area contributed by atoms with E-state index in [1.165, 1.54) is 5.56 Å². The van der Waals surface area contributed by atoms with E-state index in [0.717, 1.165) is 80.7 Å². The Balaban J connectivity index is 0.000000232. The summed E-state index contributed by atoms with van der Waals surface area (Å²) in [6, 6.07) is 29.8. The first-order valence-electron chi connectivity index (χ1n) is 26.7. The average molecular weight is 1090 g/mol. The third-order valence-corrected chi connectivity index (χ3v) is 14.6. The van der Waals surface area contributed by atoms with Crippen molar-refractivity contribution in [2.45, 2.75) is 140 Å². The molecule has 79 heavy (non-hydrogen) atoms. The molecule has 3 heterocycles. The Morgan fingerprint density at radius 1 is 0.582 bits per heavy atom. The molecule has 2 amide bonds. The topological polar surface area (TPSA) is 200 Å². The number of benzene rings is 4. The third-order valence-electron chi connectivity index (χ3n) is 14.6. The van der Waals surface area contributed by atoms with Crippen LogP contribution in [0.5, 0.6) is 0 Å². The van der Waals surface area contributed by atoms with Gasteiger partial charge in [0.2, 0.25) is 23.7 Å². The Bertz CT molecular complexity index is 3020. The Morgan fingerprint density at radius 3 is 1.35 bits per heavy atom. The summed E-state index contributed by atoms with van der Waals surface area (Å²) in [4.78, 5) is 52.2. The number of aromatic nitrogens is 4. The van der Waals surface area contributed by atoms with Crippen molar-refractivity contribution in [3.05, 3.63) is 165 Å². The molecule has 1 aliphatic carbocycles. The fourth-order valence-corrected chi connectivity index (χ4v) is 10.1. The molecule has 0 bridgehead atoms. The van der Waals surface area contributed by atoms with E-state index in [0.29, 0.717) is 34.3 Å². The van der Waals surface area contributed by atoms with Crippen molar-refractivity contribution in [1.82, 2.24) is 25.3 Å². The molecule has 2 aromatic heterocycles. The lowest BCUT2D eigenvalue weighted by Gasteiger charge is -2.30. The Morgan fingerprint density at radius 2 is 0.975 bits per heavy atom. The van der Waals surface area contributed by atoms with Gasteiger partial charge in [0, 0.05) is 23.8 Å². The lowest BCUT2D eigenvalue weighted by Crippen LogP contribution is -2.30. The maximum absolute atomic E-state index is 13.8. The minimum Gasteiger partial charge on any atom is -0.460 e. The molecule has 1 aliphatic heterocycles. The SMILES string of the molecule is CC(C(N)=O)c1ccccc1CCc1nc(Nc2ccc(C3CCC(C(=O)OC(C)(C)C)CC3)cc2)ncc1C(F)(F)F.CC(C(N)=O)c1ccccc1CCc1nc(Nc2ccc(C3CCNCC3)cc2)ncc1C(F)(F)F. The van der Waals surface area contributed by atoms with Gasteiger partial charge >= 0.3 is 18.3 Å². The number of esters is 1. The highest BCUT2D eigenvalue weighted by atomic mass is 19.4. The predicted molar refractivity (Wildman–Crippen MR) is 292 cm³/mol. The molecular formula is C60H69F6N9O4. The number of carbonyl (C=O) groups is 3. The third kappa shape index (κ3) is 16.6. The van der Waals surface area contributed by atoms with Gasteiger partial charge in [-0.3, -0.25) is 14.4 Å². The monoisotopic (exact) mass is 1090 g/mol. The fraction of sp³-hybridized carbons (Fsp3) is 0.417. The molecular weight excluding hydrogens is 1020 g/mol. The zero-order chi connectivity index (χ0) is 57.1. The maximum Gasteiger partial charge on any atom is 0.419 e. The Hall–Kier alpha value is -7.41. The number of amides is 2. The predicted octanol–water partition coefficient (Wildman–Crippen LogP) is 12.3. The number of carbonyl (C=O) groups excluding carboxylic acids is 3. The van der Waals surface area contributed by atoms with Crippen molar-refractivity contribution in [1.29, 1.82) is 0 Å². The molecule has 6 aromatic rings. The van der Waals surface area contributed by atoms with Gasteiger partial charge in [-0.25, -0.2) is 19.9 Å². The molecule has 7 N–H and O–H groups in total. The zero-order valence-electron chi connectivity index (χ0n) is 45.1. The fourth-order valence-electron chi connectivity index (χ4n) is 10.1. The first-order valence-corrected chi connectivity index (χ1v) is 26.7. The molecule has 420 valence electrons. The molecule has 2 atom stereocenters. The van der Waals surface area contributed by atoms with E-state index >= 15 is 0 Å². The quantitative estimate of drug-likeness (QED) is 0.0430. The summed E-state index contributed by atoms with van der Waals surface area (Å²) < 4.78 is 88.1. The van der Waals surface area contributed by atoms with Gasteiger partial charge in [0.05, 0.1) is 40.3 Å². The van der Waals surface area contributed by atoms with Crippen molar-refractivity contribution in [2.24, 2.45) is 17.4 Å². The minimum atomic E-state index is -4.61. The van der Waals surface area contributed by atoms with Gasteiger partial charge in [-0.15, -0.1) is 0 Å².